The first-order chi connectivity index (χ1) is 6.49. The van der Waals surface area contributed by atoms with Crippen molar-refractivity contribution >= 4 is 20.8 Å². The Morgan fingerprint density at radius 2 is 1.86 bits per heavy atom. The van der Waals surface area contributed by atoms with E-state index in [1.54, 1.807) is 0 Å². The summed E-state index contributed by atoms with van der Waals surface area (Å²) in [5, 5.41) is 5.15. The van der Waals surface area contributed by atoms with Gasteiger partial charge < -0.3 is 0 Å². The Morgan fingerprint density at radius 3 is 2.36 bits per heavy atom. The zero-order valence-electron chi connectivity index (χ0n) is 8.15. The minimum Gasteiger partial charge on any atom is -0.259 e. The van der Waals surface area contributed by atoms with Gasteiger partial charge in [0.25, 0.3) is 0 Å². The number of sulfonamides is 1. The summed E-state index contributed by atoms with van der Waals surface area (Å²) in [6.45, 7) is 0. The summed E-state index contributed by atoms with van der Waals surface area (Å²) < 4.78 is 32.8. The molecule has 0 heterocycles. The first kappa shape index (κ1) is 12.1. The summed E-state index contributed by atoms with van der Waals surface area (Å²) in [5.41, 5.74) is 0. The molecule has 1 rings (SSSR count). The van der Waals surface area contributed by atoms with Gasteiger partial charge in [0.05, 0.1) is 5.75 Å². The van der Waals surface area contributed by atoms with Gasteiger partial charge in [-0.05, 0) is 19.3 Å². The fourth-order valence-corrected chi connectivity index (χ4v) is 4.07. The second-order valence-electron chi connectivity index (χ2n) is 3.71. The van der Waals surface area contributed by atoms with Crippen LogP contribution in [0.25, 0.3) is 0 Å². The predicted octanol–water partition coefficient (Wildman–Crippen LogP) is 0.356. The van der Waals surface area contributed by atoms with E-state index in [2.05, 4.69) is 0 Å². The third-order valence-corrected chi connectivity index (χ3v) is 5.21. The van der Waals surface area contributed by atoms with Crippen molar-refractivity contribution in [3.63, 3.8) is 0 Å². The van der Waals surface area contributed by atoms with Gasteiger partial charge in [0.2, 0.25) is 10.0 Å². The van der Waals surface area contributed by atoms with E-state index in [1.165, 1.54) is 0 Å². The molecule has 1 atom stereocenters. The molecule has 0 bridgehead atoms. The highest BCUT2D eigenvalue weighted by Crippen LogP contribution is 2.23. The zero-order chi connectivity index (χ0) is 10.6. The molecule has 1 unspecified atom stereocenters. The van der Waals surface area contributed by atoms with E-state index < -0.39 is 20.8 Å². The predicted molar refractivity (Wildman–Crippen MR) is 57.9 cm³/mol. The van der Waals surface area contributed by atoms with Crippen LogP contribution in [0.15, 0.2) is 0 Å². The Hall–Kier alpha value is 0.0600. The van der Waals surface area contributed by atoms with E-state index in [1.807, 2.05) is 0 Å². The average Bonchev–Trinajstić information content (AvgIpc) is 2.53. The van der Waals surface area contributed by atoms with Crippen LogP contribution in [0.1, 0.15) is 32.1 Å². The highest BCUT2D eigenvalue weighted by atomic mass is 32.2. The third-order valence-electron chi connectivity index (χ3n) is 2.45. The number of hydrogen-bond donors (Lipinski definition) is 1. The van der Waals surface area contributed by atoms with Gasteiger partial charge in [0.15, 0.2) is 0 Å². The van der Waals surface area contributed by atoms with Crippen LogP contribution in [0.3, 0.4) is 0 Å². The van der Waals surface area contributed by atoms with Crippen LogP contribution in [-0.4, -0.2) is 29.4 Å². The van der Waals surface area contributed by atoms with Gasteiger partial charge >= 0.3 is 0 Å². The minimum absolute atomic E-state index is 0.0501. The molecule has 0 aromatic carbocycles. The van der Waals surface area contributed by atoms with Gasteiger partial charge in [-0.2, -0.15) is 0 Å². The van der Waals surface area contributed by atoms with Crippen molar-refractivity contribution in [2.75, 3.05) is 11.5 Å². The van der Waals surface area contributed by atoms with Crippen molar-refractivity contribution in [2.45, 2.75) is 37.4 Å². The maximum Gasteiger partial charge on any atom is 0.209 e. The molecule has 84 valence electrons. The largest absolute Gasteiger partial charge is 0.259 e. The van der Waals surface area contributed by atoms with E-state index >= 15 is 0 Å². The molecule has 6 heteroatoms. The monoisotopic (exact) mass is 239 g/mol. The quantitative estimate of drug-likeness (QED) is 0.752. The zero-order valence-corrected chi connectivity index (χ0v) is 9.78. The Labute approximate surface area is 87.8 Å². The molecule has 1 saturated carbocycles. The standard InChI is InChI=1S/C8H17NO3S2/c9-14(11,12)7-3-6-13(10)8-4-1-2-5-8/h8H,1-7H2,(H2,9,11,12). The van der Waals surface area contributed by atoms with Crippen molar-refractivity contribution in [1.29, 1.82) is 0 Å². The van der Waals surface area contributed by atoms with Gasteiger partial charge in [0, 0.05) is 21.8 Å². The summed E-state index contributed by atoms with van der Waals surface area (Å²) in [6.07, 6.45) is 4.79. The molecule has 0 amide bonds. The van der Waals surface area contributed by atoms with Gasteiger partial charge in [-0.1, -0.05) is 12.8 Å². The van der Waals surface area contributed by atoms with E-state index in [0.29, 0.717) is 17.4 Å². The van der Waals surface area contributed by atoms with Crippen LogP contribution in [0, 0.1) is 0 Å². The summed E-state index contributed by atoms with van der Waals surface area (Å²) in [5.74, 6) is 0.423. The number of nitrogens with two attached hydrogens (primary N) is 1. The first-order valence-corrected chi connectivity index (χ1v) is 7.96. The fraction of sp³-hybridized carbons (Fsp3) is 1.00. The second kappa shape index (κ2) is 5.23. The number of primary sulfonamides is 1. The molecule has 0 aliphatic heterocycles. The van der Waals surface area contributed by atoms with Gasteiger partial charge in [-0.3, -0.25) is 4.21 Å². The Kier molecular flexibility index (Phi) is 4.53. The van der Waals surface area contributed by atoms with E-state index in [4.69, 9.17) is 5.14 Å². The van der Waals surface area contributed by atoms with Crippen molar-refractivity contribution in [3.05, 3.63) is 0 Å². The van der Waals surface area contributed by atoms with Crippen LogP contribution >= 0.6 is 0 Å². The lowest BCUT2D eigenvalue weighted by atomic mass is 10.4. The molecule has 0 aromatic rings. The van der Waals surface area contributed by atoms with Crippen molar-refractivity contribution in [3.8, 4) is 0 Å². The fourth-order valence-electron chi connectivity index (χ4n) is 1.72. The molecule has 1 fully saturated rings. The molecule has 1 aliphatic rings. The average molecular weight is 239 g/mol. The Morgan fingerprint density at radius 1 is 1.29 bits per heavy atom. The summed E-state index contributed by atoms with van der Waals surface area (Å²) in [4.78, 5) is 0. The molecule has 2 N–H and O–H groups in total. The van der Waals surface area contributed by atoms with Crippen molar-refractivity contribution in [1.82, 2.24) is 0 Å². The highest BCUT2D eigenvalue weighted by molar-refractivity contribution is 7.89. The molecule has 14 heavy (non-hydrogen) atoms. The minimum atomic E-state index is -3.38. The highest BCUT2D eigenvalue weighted by Gasteiger charge is 2.21. The Balaban J connectivity index is 2.21. The lowest BCUT2D eigenvalue weighted by Gasteiger charge is -2.07. The molecule has 0 aromatic heterocycles. The van der Waals surface area contributed by atoms with Crippen LogP contribution in [0.2, 0.25) is 0 Å². The molecule has 1 aliphatic carbocycles. The van der Waals surface area contributed by atoms with E-state index in [0.717, 1.165) is 25.7 Å². The summed E-state index contributed by atoms with van der Waals surface area (Å²) in [6, 6.07) is 0. The molecular formula is C8H17NO3S2. The lowest BCUT2D eigenvalue weighted by molar-refractivity contribution is 0.596. The van der Waals surface area contributed by atoms with Crippen molar-refractivity contribution in [2.24, 2.45) is 5.14 Å². The van der Waals surface area contributed by atoms with Crippen LogP contribution < -0.4 is 5.14 Å². The van der Waals surface area contributed by atoms with Crippen LogP contribution in [0.5, 0.6) is 0 Å². The molecule has 0 spiro atoms. The maximum atomic E-state index is 11.6. The number of rotatable bonds is 5. The SMILES string of the molecule is NS(=O)(=O)CCCS(=O)C1CCCC1. The molecule has 0 radical (unpaired) electrons. The molecule has 0 saturated heterocycles. The van der Waals surface area contributed by atoms with Crippen molar-refractivity contribution < 1.29 is 12.6 Å². The topological polar surface area (TPSA) is 77.2 Å². The first-order valence-electron chi connectivity index (χ1n) is 4.87. The maximum absolute atomic E-state index is 11.6. The van der Waals surface area contributed by atoms with Gasteiger partial charge in [-0.25, -0.2) is 13.6 Å². The van der Waals surface area contributed by atoms with Crippen LogP contribution in [-0.2, 0) is 20.8 Å². The van der Waals surface area contributed by atoms with E-state index in [-0.39, 0.29) is 5.75 Å². The second-order valence-corrected chi connectivity index (χ2v) is 7.28. The van der Waals surface area contributed by atoms with E-state index in [9.17, 15) is 12.6 Å². The van der Waals surface area contributed by atoms with Gasteiger partial charge in [0.1, 0.15) is 0 Å². The Bertz CT molecular complexity index is 294. The van der Waals surface area contributed by atoms with Crippen LogP contribution in [0.4, 0.5) is 0 Å². The third kappa shape index (κ3) is 4.52. The normalized spacial score (nSPS) is 21.2. The molecular weight excluding hydrogens is 222 g/mol. The summed E-state index contributed by atoms with van der Waals surface area (Å²) >= 11 is 0. The number of hydrogen-bond acceptors (Lipinski definition) is 3. The molecule has 4 nitrogen and oxygen atoms in total. The lowest BCUT2D eigenvalue weighted by Crippen LogP contribution is -2.20. The van der Waals surface area contributed by atoms with Gasteiger partial charge in [-0.15, -0.1) is 0 Å². The summed E-state index contributed by atoms with van der Waals surface area (Å²) in [7, 11) is -4.23. The smallest absolute Gasteiger partial charge is 0.209 e.